The smallest absolute Gasteiger partial charge is 0.271 e. The van der Waals surface area contributed by atoms with Gasteiger partial charge in [-0.15, -0.1) is 10.2 Å². The number of hydrogen-bond acceptors (Lipinski definition) is 9. The first-order valence-electron chi connectivity index (χ1n) is 8.89. The van der Waals surface area contributed by atoms with Gasteiger partial charge in [0.15, 0.2) is 17.2 Å². The van der Waals surface area contributed by atoms with E-state index in [2.05, 4.69) is 36.8 Å². The Morgan fingerprint density at radius 1 is 1.29 bits per heavy atom. The molecule has 0 aliphatic carbocycles. The molecule has 1 saturated heterocycles. The first kappa shape index (κ1) is 19.0. The lowest BCUT2D eigenvalue weighted by Crippen LogP contribution is -2.27. The summed E-state index contributed by atoms with van der Waals surface area (Å²) in [5.41, 5.74) is 6.11. The monoisotopic (exact) mass is 375 g/mol. The van der Waals surface area contributed by atoms with Crippen molar-refractivity contribution in [2.24, 2.45) is 11.7 Å². The largest absolute Gasteiger partial charge is 0.383 e. The van der Waals surface area contributed by atoms with E-state index in [1.165, 1.54) is 12.4 Å². The molecule has 0 bridgehead atoms. The molecular weight excluding hydrogens is 357 g/mol. The molecule has 1 atom stereocenters. The van der Waals surface area contributed by atoms with Gasteiger partial charge in [-0.25, -0.2) is 15.2 Å². The van der Waals surface area contributed by atoms with Crippen LogP contribution in [0.3, 0.4) is 0 Å². The highest BCUT2D eigenvalue weighted by Crippen LogP contribution is 2.26. The highest BCUT2D eigenvalue weighted by atomic mass is 16.1. The molecule has 11 heteroatoms. The van der Waals surface area contributed by atoms with Gasteiger partial charge in [0.2, 0.25) is 0 Å². The molecule has 1 unspecified atom stereocenters. The minimum atomic E-state index is -0.682. The van der Waals surface area contributed by atoms with E-state index in [0.717, 1.165) is 25.5 Å². The summed E-state index contributed by atoms with van der Waals surface area (Å²) in [6.07, 6.45) is 6.56. The number of hydrogen-bond donors (Lipinski definition) is 3. The normalized spacial score (nSPS) is 15.9. The van der Waals surface area contributed by atoms with Crippen LogP contribution >= 0.6 is 0 Å². The van der Waals surface area contributed by atoms with Crippen LogP contribution in [0.15, 0.2) is 18.5 Å². The topological polar surface area (TPSA) is 166 Å². The number of amides is 1. The van der Waals surface area contributed by atoms with Gasteiger partial charge in [0, 0.05) is 18.6 Å². The van der Waals surface area contributed by atoms with Gasteiger partial charge in [0.1, 0.15) is 11.9 Å². The standard InChI is InChI=1S/C17H18BN9O/c19-6-12-8-24-15(9-22-12)25-14-4-13(16(17(21)28)27-26-14)23-7-11-2-1-3-18(5-11)10-20/h4,8-9,11H,1-3,5,7H2,(H2,21,28)(H2,23,24,25,26). The fourth-order valence-electron chi connectivity index (χ4n) is 3.20. The van der Waals surface area contributed by atoms with Crippen LogP contribution < -0.4 is 16.4 Å². The molecule has 28 heavy (non-hydrogen) atoms. The molecule has 0 saturated carbocycles. The maximum absolute atomic E-state index is 11.7. The number of nitriles is 2. The summed E-state index contributed by atoms with van der Waals surface area (Å²) in [6.45, 7) is 0.694. The number of nitrogens with two attached hydrogens (primary N) is 1. The molecule has 0 aromatic carbocycles. The van der Waals surface area contributed by atoms with E-state index in [9.17, 15) is 4.79 Å². The van der Waals surface area contributed by atoms with Gasteiger partial charge in [0.25, 0.3) is 12.6 Å². The lowest BCUT2D eigenvalue weighted by atomic mass is 9.41. The van der Waals surface area contributed by atoms with Crippen molar-refractivity contribution in [1.82, 2.24) is 20.2 Å². The van der Waals surface area contributed by atoms with Crippen molar-refractivity contribution in [2.45, 2.75) is 25.5 Å². The second kappa shape index (κ2) is 8.78. The number of rotatable bonds is 6. The highest BCUT2D eigenvalue weighted by molar-refractivity contribution is 6.67. The van der Waals surface area contributed by atoms with Gasteiger partial charge in [0.05, 0.1) is 18.1 Å². The predicted molar refractivity (Wildman–Crippen MR) is 103 cm³/mol. The SMILES string of the molecule is N#CB1CCCC(CNc2cc(Nc3cnc(C#N)cn3)nnc2C(N)=O)C1. The van der Waals surface area contributed by atoms with Crippen LogP contribution in [0.1, 0.15) is 29.0 Å². The summed E-state index contributed by atoms with van der Waals surface area (Å²) in [6, 6.07) is 3.51. The van der Waals surface area contributed by atoms with Gasteiger partial charge in [-0.05, 0) is 5.92 Å². The quantitative estimate of drug-likeness (QED) is 0.632. The van der Waals surface area contributed by atoms with E-state index in [-0.39, 0.29) is 18.1 Å². The van der Waals surface area contributed by atoms with Crippen molar-refractivity contribution in [3.05, 3.63) is 29.8 Å². The van der Waals surface area contributed by atoms with E-state index in [0.29, 0.717) is 29.8 Å². The fourth-order valence-corrected chi connectivity index (χ4v) is 3.20. The van der Waals surface area contributed by atoms with Crippen molar-refractivity contribution in [2.75, 3.05) is 17.2 Å². The Labute approximate surface area is 162 Å². The molecule has 1 fully saturated rings. The number of carbonyl (C=O) groups excluding carboxylic acids is 1. The van der Waals surface area contributed by atoms with Crippen LogP contribution in [0.2, 0.25) is 12.6 Å². The molecule has 3 rings (SSSR count). The second-order valence-electron chi connectivity index (χ2n) is 6.62. The lowest BCUT2D eigenvalue weighted by Gasteiger charge is -2.24. The Morgan fingerprint density at radius 3 is 2.82 bits per heavy atom. The van der Waals surface area contributed by atoms with Crippen molar-refractivity contribution in [3.63, 3.8) is 0 Å². The zero-order valence-electron chi connectivity index (χ0n) is 15.1. The molecule has 10 nitrogen and oxygen atoms in total. The molecule has 1 amide bonds. The lowest BCUT2D eigenvalue weighted by molar-refractivity contribution is 0.0995. The number of nitrogens with one attached hydrogen (secondary N) is 2. The Kier molecular flexibility index (Phi) is 5.97. The van der Waals surface area contributed by atoms with Crippen LogP contribution in [-0.2, 0) is 0 Å². The van der Waals surface area contributed by atoms with Crippen LogP contribution in [0.25, 0.3) is 0 Å². The molecule has 140 valence electrons. The van der Waals surface area contributed by atoms with Crippen molar-refractivity contribution < 1.29 is 4.79 Å². The third-order valence-electron chi connectivity index (χ3n) is 4.60. The maximum atomic E-state index is 11.7. The van der Waals surface area contributed by atoms with Gasteiger partial charge in [-0.2, -0.15) is 5.26 Å². The highest BCUT2D eigenvalue weighted by Gasteiger charge is 2.25. The minimum Gasteiger partial charge on any atom is -0.383 e. The van der Waals surface area contributed by atoms with E-state index in [1.54, 1.807) is 6.07 Å². The fraction of sp³-hybridized carbons (Fsp3) is 0.353. The Balaban J connectivity index is 1.73. The number of carbonyl (C=O) groups is 1. The van der Waals surface area contributed by atoms with E-state index in [4.69, 9.17) is 16.3 Å². The van der Waals surface area contributed by atoms with Crippen molar-refractivity contribution in [3.8, 4) is 12.0 Å². The summed E-state index contributed by atoms with van der Waals surface area (Å²) in [7, 11) is 0. The van der Waals surface area contributed by atoms with Crippen molar-refractivity contribution in [1.29, 1.82) is 10.5 Å². The molecule has 3 heterocycles. The van der Waals surface area contributed by atoms with Gasteiger partial charge < -0.3 is 16.4 Å². The summed E-state index contributed by atoms with van der Waals surface area (Å²) >= 11 is 0. The first-order valence-corrected chi connectivity index (χ1v) is 8.89. The van der Waals surface area contributed by atoms with Gasteiger partial charge >= 0.3 is 0 Å². The third-order valence-corrected chi connectivity index (χ3v) is 4.60. The molecule has 2 aromatic rings. The van der Waals surface area contributed by atoms with Crippen LogP contribution in [0, 0.1) is 28.5 Å². The molecule has 0 spiro atoms. The van der Waals surface area contributed by atoms with Crippen LogP contribution in [0.4, 0.5) is 17.3 Å². The zero-order chi connectivity index (χ0) is 19.9. The van der Waals surface area contributed by atoms with Gasteiger partial charge in [-0.1, -0.05) is 25.5 Å². The molecule has 1 aliphatic heterocycles. The summed E-state index contributed by atoms with van der Waals surface area (Å²) in [4.78, 5) is 19.7. The molecular formula is C17H18BN9O. The molecule has 1 aliphatic rings. The summed E-state index contributed by atoms with van der Waals surface area (Å²) < 4.78 is 0. The Morgan fingerprint density at radius 2 is 2.14 bits per heavy atom. The Bertz CT molecular complexity index is 935. The molecule has 4 N–H and O–H groups in total. The van der Waals surface area contributed by atoms with Gasteiger partial charge in [-0.3, -0.25) is 4.79 Å². The second-order valence-corrected chi connectivity index (χ2v) is 6.62. The van der Waals surface area contributed by atoms with E-state index >= 15 is 0 Å². The maximum Gasteiger partial charge on any atom is 0.271 e. The number of nitrogens with zero attached hydrogens (tertiary/aromatic N) is 6. The third kappa shape index (κ3) is 4.71. The van der Waals surface area contributed by atoms with Crippen molar-refractivity contribution >= 4 is 29.9 Å². The predicted octanol–water partition coefficient (Wildman–Crippen LogP) is 1.36. The average Bonchev–Trinajstić information content (AvgIpc) is 2.73. The van der Waals surface area contributed by atoms with Crippen LogP contribution in [-0.4, -0.2) is 39.3 Å². The average molecular weight is 375 g/mol. The minimum absolute atomic E-state index is 0.0455. The number of anilines is 3. The number of aromatic nitrogens is 4. The molecule has 0 radical (unpaired) electrons. The number of primary amides is 1. The van der Waals surface area contributed by atoms with E-state index in [1.807, 2.05) is 6.07 Å². The summed E-state index contributed by atoms with van der Waals surface area (Å²) in [5.74, 6) is 2.73. The van der Waals surface area contributed by atoms with Crippen LogP contribution in [0.5, 0.6) is 0 Å². The first-order chi connectivity index (χ1) is 13.6. The van der Waals surface area contributed by atoms with E-state index < -0.39 is 5.91 Å². The Hall–Kier alpha value is -3.73. The molecule has 2 aromatic heterocycles. The summed E-state index contributed by atoms with van der Waals surface area (Å²) in [5, 5.41) is 31.9. The zero-order valence-corrected chi connectivity index (χ0v) is 15.1.